The number of unbranched alkanes of at least 4 members (excludes halogenated alkanes) is 1. The first-order chi connectivity index (χ1) is 20.9. The number of ketones is 1. The van der Waals surface area contributed by atoms with Crippen LogP contribution in [0, 0.1) is 5.82 Å². The summed E-state index contributed by atoms with van der Waals surface area (Å²) in [4.78, 5) is 27.9. The molecule has 7 nitrogen and oxygen atoms in total. The number of hydrogen-bond acceptors (Lipinski definition) is 6. The quantitative estimate of drug-likeness (QED) is 0.110. The average Bonchev–Trinajstić information content (AvgIpc) is 3.35. The van der Waals surface area contributed by atoms with Gasteiger partial charge in [-0.05, 0) is 96.4 Å². The summed E-state index contributed by atoms with van der Waals surface area (Å²) >= 11 is 0. The van der Waals surface area contributed by atoms with Gasteiger partial charge in [-0.25, -0.2) is 9.18 Å². The second-order valence-corrected chi connectivity index (χ2v) is 10.1. The Labute approximate surface area is 249 Å². The molecule has 1 N–H and O–H groups in total. The highest BCUT2D eigenvalue weighted by atomic mass is 19.1. The van der Waals surface area contributed by atoms with E-state index >= 15 is 0 Å². The van der Waals surface area contributed by atoms with Crippen LogP contribution in [0.5, 0.6) is 17.2 Å². The van der Waals surface area contributed by atoms with Crippen LogP contribution in [0.25, 0.3) is 11.1 Å². The number of phenolic OH excluding ortho intramolecular Hbond substituents is 1. The molecule has 1 aliphatic heterocycles. The summed E-state index contributed by atoms with van der Waals surface area (Å²) in [5.74, 6) is 0.542. The highest BCUT2D eigenvalue weighted by Gasteiger charge is 2.44. The molecule has 8 heteroatoms. The van der Waals surface area contributed by atoms with Crippen LogP contribution in [0.1, 0.15) is 41.7 Å². The van der Waals surface area contributed by atoms with Crippen molar-refractivity contribution >= 4 is 17.6 Å². The zero-order chi connectivity index (χ0) is 30.3. The van der Waals surface area contributed by atoms with Crippen molar-refractivity contribution in [3.05, 3.63) is 120 Å². The fourth-order valence-electron chi connectivity index (χ4n) is 4.96. The second-order valence-electron chi connectivity index (χ2n) is 10.1. The fourth-order valence-corrected chi connectivity index (χ4v) is 4.96. The predicted molar refractivity (Wildman–Crippen MR) is 162 cm³/mol. The van der Waals surface area contributed by atoms with Crippen LogP contribution in [0.4, 0.5) is 14.9 Å². The highest BCUT2D eigenvalue weighted by Crippen LogP contribution is 2.43. The van der Waals surface area contributed by atoms with Gasteiger partial charge in [0.2, 0.25) is 0 Å². The molecule has 2 atom stereocenters. The molecule has 0 saturated carbocycles. The number of cyclic esters (lactones) is 1. The molecule has 0 aliphatic carbocycles. The van der Waals surface area contributed by atoms with Crippen molar-refractivity contribution in [2.45, 2.75) is 31.9 Å². The third-order valence-electron chi connectivity index (χ3n) is 7.21. The Hall–Kier alpha value is -5.11. The Morgan fingerprint density at radius 1 is 1.00 bits per heavy atom. The number of carbonyl (C=O) groups excluding carboxylic acids is 2. The fraction of sp³-hybridized carbons (Fsp3) is 0.200. The summed E-state index contributed by atoms with van der Waals surface area (Å²) in [7, 11) is 1.56. The van der Waals surface area contributed by atoms with Gasteiger partial charge < -0.3 is 19.3 Å². The molecule has 0 aromatic heterocycles. The number of benzene rings is 4. The number of ether oxygens (including phenoxy) is 3. The molecule has 1 fully saturated rings. The van der Waals surface area contributed by atoms with Crippen molar-refractivity contribution in [1.29, 1.82) is 0 Å². The van der Waals surface area contributed by atoms with Gasteiger partial charge in [0.05, 0.1) is 13.7 Å². The molecule has 1 amide bonds. The molecule has 5 rings (SSSR count). The van der Waals surface area contributed by atoms with E-state index in [0.717, 1.165) is 24.0 Å². The van der Waals surface area contributed by atoms with Crippen molar-refractivity contribution in [3.63, 3.8) is 0 Å². The van der Waals surface area contributed by atoms with E-state index in [2.05, 4.69) is 6.92 Å². The molecule has 0 radical (unpaired) electrons. The standard InChI is InChI=1S/C35H32FNO6/c1-3-4-20-42-33-22-25(24-6-5-7-28(38)21-24)10-17-30(33)34-32(19-18-31(39)23-8-11-26(36)12-9-23)43-35(40)37(34)27-13-15-29(41-2)16-14-27/h5-19,21-22,32,34,38H,3-4,20H2,1-2H3/b19-18+/t32-,34-/m1/s1. The lowest BCUT2D eigenvalue weighted by atomic mass is 9.95. The van der Waals surface area contributed by atoms with E-state index in [4.69, 9.17) is 14.2 Å². The van der Waals surface area contributed by atoms with Crippen LogP contribution in [0.15, 0.2) is 103 Å². The Morgan fingerprint density at radius 3 is 2.44 bits per heavy atom. The van der Waals surface area contributed by atoms with Gasteiger partial charge in [-0.1, -0.05) is 37.6 Å². The molecule has 1 aliphatic rings. The van der Waals surface area contributed by atoms with Crippen molar-refractivity contribution in [3.8, 4) is 28.4 Å². The summed E-state index contributed by atoms with van der Waals surface area (Å²) in [5.41, 5.74) is 3.20. The Kier molecular flexibility index (Phi) is 9.05. The minimum absolute atomic E-state index is 0.145. The largest absolute Gasteiger partial charge is 0.508 e. The van der Waals surface area contributed by atoms with Crippen LogP contribution in [0.3, 0.4) is 0 Å². The zero-order valence-electron chi connectivity index (χ0n) is 23.9. The maximum Gasteiger partial charge on any atom is 0.415 e. The summed E-state index contributed by atoms with van der Waals surface area (Å²) < 4.78 is 30.8. The maximum atomic E-state index is 13.4. The van der Waals surface area contributed by atoms with Gasteiger partial charge in [-0.2, -0.15) is 0 Å². The van der Waals surface area contributed by atoms with Crippen molar-refractivity contribution in [2.75, 3.05) is 18.6 Å². The lowest BCUT2D eigenvalue weighted by molar-refractivity contribution is 0.104. The molecule has 4 aromatic carbocycles. The second kappa shape index (κ2) is 13.2. The molecule has 0 bridgehead atoms. The average molecular weight is 582 g/mol. The number of carbonyl (C=O) groups is 2. The van der Waals surface area contributed by atoms with Gasteiger partial charge in [0.15, 0.2) is 5.78 Å². The van der Waals surface area contributed by atoms with Crippen molar-refractivity contribution in [2.24, 2.45) is 0 Å². The number of nitrogens with zero attached hydrogens (tertiary/aromatic N) is 1. The number of methoxy groups -OCH3 is 1. The van der Waals surface area contributed by atoms with E-state index in [1.807, 2.05) is 24.3 Å². The third-order valence-corrected chi connectivity index (χ3v) is 7.21. The van der Waals surface area contributed by atoms with Crippen molar-refractivity contribution in [1.82, 2.24) is 0 Å². The van der Waals surface area contributed by atoms with E-state index in [9.17, 15) is 19.1 Å². The Balaban J connectivity index is 1.58. The molecule has 1 saturated heterocycles. The molecule has 220 valence electrons. The van der Waals surface area contributed by atoms with Gasteiger partial charge in [0.1, 0.15) is 35.2 Å². The van der Waals surface area contributed by atoms with Crippen LogP contribution >= 0.6 is 0 Å². The zero-order valence-corrected chi connectivity index (χ0v) is 23.9. The van der Waals surface area contributed by atoms with Crippen LogP contribution < -0.4 is 14.4 Å². The summed E-state index contributed by atoms with van der Waals surface area (Å²) in [6.45, 7) is 2.53. The summed E-state index contributed by atoms with van der Waals surface area (Å²) in [6, 6.07) is 24.2. The topological polar surface area (TPSA) is 85.3 Å². The normalized spacial score (nSPS) is 16.3. The van der Waals surface area contributed by atoms with Gasteiger partial charge >= 0.3 is 6.09 Å². The number of anilines is 1. The highest BCUT2D eigenvalue weighted by molar-refractivity contribution is 6.04. The number of allylic oxidation sites excluding steroid dienone is 1. The number of amides is 1. The summed E-state index contributed by atoms with van der Waals surface area (Å²) in [5, 5.41) is 10.1. The maximum absolute atomic E-state index is 13.4. The lowest BCUT2D eigenvalue weighted by Gasteiger charge is -2.26. The number of rotatable bonds is 11. The third kappa shape index (κ3) is 6.70. The first-order valence-corrected chi connectivity index (χ1v) is 14.1. The number of phenols is 1. The molecule has 0 unspecified atom stereocenters. The molecule has 1 heterocycles. The van der Waals surface area contributed by atoms with E-state index in [1.54, 1.807) is 55.7 Å². The minimum atomic E-state index is -0.848. The van der Waals surface area contributed by atoms with Gasteiger partial charge in [0.25, 0.3) is 0 Å². The van der Waals surface area contributed by atoms with E-state index < -0.39 is 24.1 Å². The van der Waals surface area contributed by atoms with E-state index in [1.165, 1.54) is 35.2 Å². The smallest absolute Gasteiger partial charge is 0.415 e. The first kappa shape index (κ1) is 29.4. The van der Waals surface area contributed by atoms with E-state index in [-0.39, 0.29) is 11.5 Å². The van der Waals surface area contributed by atoms with Crippen LogP contribution in [0.2, 0.25) is 0 Å². The summed E-state index contributed by atoms with van der Waals surface area (Å²) in [6.07, 6.45) is 3.22. The molecule has 4 aromatic rings. The van der Waals surface area contributed by atoms with Crippen molar-refractivity contribution < 1.29 is 33.3 Å². The van der Waals surface area contributed by atoms with Gasteiger partial charge in [0, 0.05) is 16.8 Å². The number of halogens is 1. The molecule has 43 heavy (non-hydrogen) atoms. The SMILES string of the molecule is CCCCOc1cc(-c2cccc(O)c2)ccc1[C@@H]1[C@@H](/C=C/C(=O)c2ccc(F)cc2)OC(=O)N1c1ccc(OC)cc1. The molecular formula is C35H32FNO6. The number of hydrogen-bond donors (Lipinski definition) is 1. The van der Waals surface area contributed by atoms with Gasteiger partial charge in [-0.15, -0.1) is 0 Å². The Morgan fingerprint density at radius 2 is 1.74 bits per heavy atom. The minimum Gasteiger partial charge on any atom is -0.508 e. The number of aromatic hydroxyl groups is 1. The predicted octanol–water partition coefficient (Wildman–Crippen LogP) is 7.89. The van der Waals surface area contributed by atoms with Crippen LogP contribution in [-0.2, 0) is 4.74 Å². The Bertz CT molecular complexity index is 1620. The van der Waals surface area contributed by atoms with Crippen LogP contribution in [-0.4, -0.2) is 36.8 Å². The van der Waals surface area contributed by atoms with E-state index in [0.29, 0.717) is 34.9 Å². The van der Waals surface area contributed by atoms with Gasteiger partial charge in [-0.3, -0.25) is 9.69 Å². The lowest BCUT2D eigenvalue weighted by Crippen LogP contribution is -2.29. The first-order valence-electron chi connectivity index (χ1n) is 14.1. The molecular weight excluding hydrogens is 549 g/mol. The monoisotopic (exact) mass is 581 g/mol. The molecule has 0 spiro atoms.